The molecule has 0 unspecified atom stereocenters. The Hall–Kier alpha value is -2.01. The van der Waals surface area contributed by atoms with E-state index in [0.717, 1.165) is 12.0 Å². The van der Waals surface area contributed by atoms with E-state index in [4.69, 9.17) is 15.3 Å². The van der Waals surface area contributed by atoms with Crippen LogP contribution in [0, 0.1) is 0 Å². The number of nitrogens with two attached hydrogens (primary N) is 1. The van der Waals surface area contributed by atoms with Crippen LogP contribution in [0.15, 0.2) is 30.9 Å². The van der Waals surface area contributed by atoms with Crippen LogP contribution in [-0.4, -0.2) is 19.1 Å². The summed E-state index contributed by atoms with van der Waals surface area (Å²) in [7, 11) is 1.55. The lowest BCUT2D eigenvalue weighted by atomic mass is 10.1. The minimum atomic E-state index is -0.686. The third kappa shape index (κ3) is 3.49. The average Bonchev–Trinajstić information content (AvgIpc) is 2.39. The molecular formula is C13H18N2O3. The summed E-state index contributed by atoms with van der Waals surface area (Å²) < 4.78 is 10.7. The van der Waals surface area contributed by atoms with Gasteiger partial charge in [0, 0.05) is 0 Å². The molecule has 0 heterocycles. The van der Waals surface area contributed by atoms with E-state index in [1.807, 2.05) is 17.6 Å². The summed E-state index contributed by atoms with van der Waals surface area (Å²) in [6, 6.07) is 5.51. The monoisotopic (exact) mass is 250 g/mol. The SMILES string of the molecule is C=CCc1ccc(O[C@@H](C)C(=O)NN)c(OC)c1. The minimum absolute atomic E-state index is 0.396. The molecule has 0 fully saturated rings. The van der Waals surface area contributed by atoms with Gasteiger partial charge >= 0.3 is 0 Å². The Balaban J connectivity index is 2.88. The Morgan fingerprint density at radius 1 is 1.56 bits per heavy atom. The molecule has 98 valence electrons. The minimum Gasteiger partial charge on any atom is -0.493 e. The summed E-state index contributed by atoms with van der Waals surface area (Å²) in [6.45, 7) is 5.29. The number of allylic oxidation sites excluding steroid dienone is 1. The average molecular weight is 250 g/mol. The number of benzene rings is 1. The van der Waals surface area contributed by atoms with Crippen LogP contribution in [0.3, 0.4) is 0 Å². The smallest absolute Gasteiger partial charge is 0.274 e. The molecule has 0 spiro atoms. The normalized spacial score (nSPS) is 11.5. The number of carbonyl (C=O) groups is 1. The van der Waals surface area contributed by atoms with Gasteiger partial charge in [-0.1, -0.05) is 12.1 Å². The number of hydrogen-bond donors (Lipinski definition) is 2. The van der Waals surface area contributed by atoms with E-state index >= 15 is 0 Å². The summed E-state index contributed by atoms with van der Waals surface area (Å²) >= 11 is 0. The number of ether oxygens (including phenoxy) is 2. The van der Waals surface area contributed by atoms with Crippen molar-refractivity contribution in [2.75, 3.05) is 7.11 Å². The predicted molar refractivity (Wildman–Crippen MR) is 69.3 cm³/mol. The van der Waals surface area contributed by atoms with Crippen LogP contribution in [0.2, 0.25) is 0 Å². The number of carbonyl (C=O) groups excluding carboxylic acids is 1. The number of amides is 1. The zero-order valence-electron chi connectivity index (χ0n) is 10.6. The van der Waals surface area contributed by atoms with Crippen LogP contribution in [0.1, 0.15) is 12.5 Å². The molecule has 0 aliphatic heterocycles. The summed E-state index contributed by atoms with van der Waals surface area (Å²) in [5.74, 6) is 5.72. The first-order valence-corrected chi connectivity index (χ1v) is 5.57. The highest BCUT2D eigenvalue weighted by atomic mass is 16.5. The first-order valence-electron chi connectivity index (χ1n) is 5.57. The summed E-state index contributed by atoms with van der Waals surface area (Å²) in [5.41, 5.74) is 3.10. The fraction of sp³-hybridized carbons (Fsp3) is 0.308. The Labute approximate surface area is 107 Å². The van der Waals surface area contributed by atoms with Crippen molar-refractivity contribution in [2.24, 2.45) is 5.84 Å². The van der Waals surface area contributed by atoms with Gasteiger partial charge in [-0.3, -0.25) is 10.2 Å². The van der Waals surface area contributed by atoms with Crippen LogP contribution in [-0.2, 0) is 11.2 Å². The lowest BCUT2D eigenvalue weighted by Gasteiger charge is -2.16. The van der Waals surface area contributed by atoms with E-state index in [1.165, 1.54) is 0 Å². The zero-order valence-corrected chi connectivity index (χ0v) is 10.6. The summed E-state index contributed by atoms with van der Waals surface area (Å²) in [5, 5.41) is 0. The van der Waals surface area contributed by atoms with Gasteiger partial charge in [0.2, 0.25) is 0 Å². The highest BCUT2D eigenvalue weighted by molar-refractivity contribution is 5.80. The van der Waals surface area contributed by atoms with Crippen molar-refractivity contribution in [2.45, 2.75) is 19.4 Å². The fourth-order valence-electron chi connectivity index (χ4n) is 1.46. The number of hydrazine groups is 1. The first-order chi connectivity index (χ1) is 8.62. The molecule has 5 heteroatoms. The van der Waals surface area contributed by atoms with Gasteiger partial charge in [0.05, 0.1) is 7.11 Å². The van der Waals surface area contributed by atoms with Crippen molar-refractivity contribution in [3.63, 3.8) is 0 Å². The molecule has 3 N–H and O–H groups in total. The highest BCUT2D eigenvalue weighted by Gasteiger charge is 2.15. The van der Waals surface area contributed by atoms with Crippen molar-refractivity contribution < 1.29 is 14.3 Å². The second kappa shape index (κ2) is 6.66. The molecule has 0 saturated heterocycles. The molecule has 0 aliphatic rings. The van der Waals surface area contributed by atoms with Gasteiger partial charge < -0.3 is 9.47 Å². The quantitative estimate of drug-likeness (QED) is 0.344. The van der Waals surface area contributed by atoms with E-state index in [0.29, 0.717) is 11.5 Å². The predicted octanol–water partition coefficient (Wildman–Crippen LogP) is 1.18. The summed E-state index contributed by atoms with van der Waals surface area (Å²) in [4.78, 5) is 11.3. The topological polar surface area (TPSA) is 73.6 Å². The highest BCUT2D eigenvalue weighted by Crippen LogP contribution is 2.29. The van der Waals surface area contributed by atoms with Crippen LogP contribution in [0.5, 0.6) is 11.5 Å². The van der Waals surface area contributed by atoms with Crippen molar-refractivity contribution in [3.8, 4) is 11.5 Å². The second-order valence-corrected chi connectivity index (χ2v) is 3.75. The third-order valence-corrected chi connectivity index (χ3v) is 2.42. The summed E-state index contributed by atoms with van der Waals surface area (Å²) in [6.07, 6.45) is 1.86. The molecule has 1 atom stereocenters. The molecule has 0 bridgehead atoms. The number of methoxy groups -OCH3 is 1. The zero-order chi connectivity index (χ0) is 13.5. The van der Waals surface area contributed by atoms with Crippen molar-refractivity contribution >= 4 is 5.91 Å². The first kappa shape index (κ1) is 14.1. The van der Waals surface area contributed by atoms with Gasteiger partial charge in [-0.2, -0.15) is 0 Å². The molecule has 0 saturated carbocycles. The van der Waals surface area contributed by atoms with Crippen molar-refractivity contribution in [3.05, 3.63) is 36.4 Å². The lowest BCUT2D eigenvalue weighted by molar-refractivity contribution is -0.127. The van der Waals surface area contributed by atoms with Crippen LogP contribution >= 0.6 is 0 Å². The van der Waals surface area contributed by atoms with E-state index in [1.54, 1.807) is 26.2 Å². The Morgan fingerprint density at radius 3 is 2.83 bits per heavy atom. The van der Waals surface area contributed by atoms with Gasteiger partial charge in [0.15, 0.2) is 17.6 Å². The molecule has 18 heavy (non-hydrogen) atoms. The fourth-order valence-corrected chi connectivity index (χ4v) is 1.46. The molecule has 1 amide bonds. The van der Waals surface area contributed by atoms with E-state index in [9.17, 15) is 4.79 Å². The number of hydrogen-bond acceptors (Lipinski definition) is 4. The molecule has 1 aromatic rings. The Kier molecular flexibility index (Phi) is 5.20. The lowest BCUT2D eigenvalue weighted by Crippen LogP contribution is -2.40. The van der Waals surface area contributed by atoms with Crippen LogP contribution in [0.25, 0.3) is 0 Å². The maximum absolute atomic E-state index is 11.3. The van der Waals surface area contributed by atoms with Gasteiger partial charge in [-0.25, -0.2) is 5.84 Å². The molecule has 0 radical (unpaired) electrons. The second-order valence-electron chi connectivity index (χ2n) is 3.75. The van der Waals surface area contributed by atoms with Crippen LogP contribution in [0.4, 0.5) is 0 Å². The largest absolute Gasteiger partial charge is 0.493 e. The maximum Gasteiger partial charge on any atom is 0.274 e. The molecular weight excluding hydrogens is 232 g/mol. The van der Waals surface area contributed by atoms with E-state index in [-0.39, 0.29) is 0 Å². The number of nitrogens with one attached hydrogen (secondary N) is 1. The Morgan fingerprint density at radius 2 is 2.28 bits per heavy atom. The van der Waals surface area contributed by atoms with Crippen molar-refractivity contribution in [1.29, 1.82) is 0 Å². The van der Waals surface area contributed by atoms with Gasteiger partial charge in [-0.05, 0) is 31.0 Å². The van der Waals surface area contributed by atoms with Gasteiger partial charge in [-0.15, -0.1) is 6.58 Å². The number of rotatable bonds is 6. The van der Waals surface area contributed by atoms with Gasteiger partial charge in [0.1, 0.15) is 0 Å². The molecule has 0 aromatic heterocycles. The van der Waals surface area contributed by atoms with E-state index < -0.39 is 12.0 Å². The molecule has 1 rings (SSSR count). The van der Waals surface area contributed by atoms with Gasteiger partial charge in [0.25, 0.3) is 5.91 Å². The maximum atomic E-state index is 11.3. The van der Waals surface area contributed by atoms with Crippen LogP contribution < -0.4 is 20.7 Å². The van der Waals surface area contributed by atoms with E-state index in [2.05, 4.69) is 6.58 Å². The third-order valence-electron chi connectivity index (χ3n) is 2.42. The molecule has 1 aromatic carbocycles. The molecule has 0 aliphatic carbocycles. The van der Waals surface area contributed by atoms with Crippen molar-refractivity contribution in [1.82, 2.24) is 5.43 Å². The standard InChI is InChI=1S/C13H18N2O3/c1-4-5-10-6-7-11(12(8-10)17-3)18-9(2)13(16)15-14/h4,6-9H,1,5,14H2,2-3H3,(H,15,16)/t9-/m0/s1. The Bertz CT molecular complexity index is 432. The molecule has 5 nitrogen and oxygen atoms in total.